The predicted molar refractivity (Wildman–Crippen MR) is 137 cm³/mol. The molecule has 4 rings (SSSR count). The highest BCUT2D eigenvalue weighted by molar-refractivity contribution is 5.84. The Morgan fingerprint density at radius 3 is 2.41 bits per heavy atom. The van der Waals surface area contributed by atoms with E-state index in [1.807, 2.05) is 12.1 Å². The zero-order valence-corrected chi connectivity index (χ0v) is 20.4. The topological polar surface area (TPSA) is 108 Å². The highest BCUT2D eigenvalue weighted by Gasteiger charge is 2.24. The summed E-state index contributed by atoms with van der Waals surface area (Å²) in [6.07, 6.45) is 1.15. The third-order valence-electron chi connectivity index (χ3n) is 6.14. The van der Waals surface area contributed by atoms with Gasteiger partial charge in [-0.2, -0.15) is 0 Å². The fourth-order valence-electron chi connectivity index (χ4n) is 4.08. The van der Waals surface area contributed by atoms with Crippen LogP contribution < -0.4 is 10.9 Å². The molecule has 1 aliphatic heterocycles. The fraction of sp³-hybridized carbons (Fsp3) is 0.321. The molecule has 8 nitrogen and oxygen atoms in total. The molecular weight excluding hydrogens is 475 g/mol. The van der Waals surface area contributed by atoms with Crippen LogP contribution in [0.3, 0.4) is 0 Å². The number of aromatic amines is 1. The van der Waals surface area contributed by atoms with Crippen LogP contribution in [-0.2, 0) is 22.5 Å². The molecule has 3 aromatic rings. The number of nitrogens with one attached hydrogen (secondary N) is 2. The molecule has 9 heteroatoms. The van der Waals surface area contributed by atoms with E-state index >= 15 is 0 Å². The lowest BCUT2D eigenvalue weighted by Gasteiger charge is -2.26. The Morgan fingerprint density at radius 2 is 1.76 bits per heavy atom. The van der Waals surface area contributed by atoms with Gasteiger partial charge in [0.15, 0.2) is 0 Å². The van der Waals surface area contributed by atoms with Gasteiger partial charge in [-0.3, -0.25) is 14.5 Å². The summed E-state index contributed by atoms with van der Waals surface area (Å²) in [5, 5.41) is 12.6. The number of amides is 1. The summed E-state index contributed by atoms with van der Waals surface area (Å²) < 4.78 is 18.0. The number of carbonyl (C=O) groups excluding carboxylic acids is 1. The molecule has 2 heterocycles. The summed E-state index contributed by atoms with van der Waals surface area (Å²) >= 11 is 0. The second kappa shape index (κ2) is 12.8. The monoisotopic (exact) mass is 504 g/mol. The summed E-state index contributed by atoms with van der Waals surface area (Å²) in [6.45, 7) is 3.50. The Kier molecular flexibility index (Phi) is 9.03. The van der Waals surface area contributed by atoms with Gasteiger partial charge in [0.25, 0.3) is 5.56 Å². The number of halogens is 1. The van der Waals surface area contributed by atoms with Gasteiger partial charge in [-0.1, -0.05) is 36.1 Å². The maximum absolute atomic E-state index is 12.7. The molecule has 0 saturated carbocycles. The Bertz CT molecular complexity index is 1310. The molecule has 37 heavy (non-hydrogen) atoms. The zero-order valence-electron chi connectivity index (χ0n) is 20.4. The van der Waals surface area contributed by atoms with Crippen molar-refractivity contribution in [3.63, 3.8) is 0 Å². The van der Waals surface area contributed by atoms with Crippen molar-refractivity contribution in [1.29, 1.82) is 0 Å². The molecule has 2 aromatic carbocycles. The first-order valence-electron chi connectivity index (χ1n) is 12.1. The average molecular weight is 505 g/mol. The lowest BCUT2D eigenvalue weighted by atomic mass is 9.92. The quantitative estimate of drug-likeness (QED) is 0.406. The number of nitrogens with zero attached hydrogens (tertiary/aromatic N) is 2. The Balaban J connectivity index is 1.45. The van der Waals surface area contributed by atoms with Gasteiger partial charge in [0.05, 0.1) is 31.2 Å². The van der Waals surface area contributed by atoms with Crippen molar-refractivity contribution in [2.75, 3.05) is 39.5 Å². The van der Waals surface area contributed by atoms with Gasteiger partial charge >= 0.3 is 0 Å². The lowest BCUT2D eigenvalue weighted by molar-refractivity contribution is -0.122. The third kappa shape index (κ3) is 7.26. The van der Waals surface area contributed by atoms with Crippen molar-refractivity contribution in [2.24, 2.45) is 0 Å². The van der Waals surface area contributed by atoms with Crippen molar-refractivity contribution in [3.05, 3.63) is 93.2 Å². The number of carbonyl (C=O) groups is 1. The number of hydrogen-bond acceptors (Lipinski definition) is 6. The molecule has 1 amide bonds. The van der Waals surface area contributed by atoms with Crippen molar-refractivity contribution in [3.8, 4) is 17.6 Å². The first kappa shape index (κ1) is 26.1. The lowest BCUT2D eigenvalue weighted by Crippen LogP contribution is -2.35. The van der Waals surface area contributed by atoms with Gasteiger partial charge in [-0.25, -0.2) is 9.37 Å². The van der Waals surface area contributed by atoms with Gasteiger partial charge in [-0.05, 0) is 35.4 Å². The van der Waals surface area contributed by atoms with Crippen LogP contribution in [0.2, 0.25) is 0 Å². The van der Waals surface area contributed by atoms with Crippen LogP contribution in [0.25, 0.3) is 0 Å². The number of aromatic hydroxyl groups is 1. The molecule has 0 bridgehead atoms. The first-order valence-corrected chi connectivity index (χ1v) is 12.1. The number of rotatable bonds is 8. The minimum absolute atomic E-state index is 0.0182. The number of alkyl halides is 1. The number of aromatic nitrogens is 2. The Labute approximate surface area is 214 Å². The van der Waals surface area contributed by atoms with Crippen molar-refractivity contribution >= 4 is 5.91 Å². The number of H-pyrrole nitrogens is 1. The van der Waals surface area contributed by atoms with E-state index in [0.29, 0.717) is 5.56 Å². The Hall–Kier alpha value is -4.00. The van der Waals surface area contributed by atoms with Crippen LogP contribution in [0.1, 0.15) is 33.9 Å². The van der Waals surface area contributed by atoms with E-state index in [4.69, 9.17) is 4.74 Å². The number of hydrogen-bond donors (Lipinski definition) is 3. The SMILES string of the molecule is O=C(NCCF)[C@@H](Cc1nc[nH]c(=O)c1O)c1ccc(C#Cc2ccc(CN3CCOCC3)cc2)cc1. The predicted octanol–water partition coefficient (Wildman–Crippen LogP) is 2.12. The summed E-state index contributed by atoms with van der Waals surface area (Å²) in [7, 11) is 0. The van der Waals surface area contributed by atoms with Crippen LogP contribution in [-0.4, -0.2) is 65.4 Å². The molecule has 0 aliphatic carbocycles. The molecule has 1 saturated heterocycles. The van der Waals surface area contributed by atoms with Gasteiger partial charge in [-0.15, -0.1) is 0 Å². The first-order chi connectivity index (χ1) is 18.0. The van der Waals surface area contributed by atoms with E-state index in [-0.39, 0.29) is 18.7 Å². The smallest absolute Gasteiger partial charge is 0.293 e. The van der Waals surface area contributed by atoms with Crippen LogP contribution in [0, 0.1) is 11.8 Å². The highest BCUT2D eigenvalue weighted by Crippen LogP contribution is 2.23. The van der Waals surface area contributed by atoms with E-state index < -0.39 is 29.8 Å². The molecule has 1 aromatic heterocycles. The zero-order chi connectivity index (χ0) is 26.0. The van der Waals surface area contributed by atoms with Crippen molar-refractivity contribution < 1.29 is 19.0 Å². The molecule has 0 radical (unpaired) electrons. The fourth-order valence-corrected chi connectivity index (χ4v) is 4.08. The molecule has 0 unspecified atom stereocenters. The van der Waals surface area contributed by atoms with Gasteiger partial charge in [0, 0.05) is 43.7 Å². The minimum atomic E-state index is -0.771. The van der Waals surface area contributed by atoms with E-state index in [0.717, 1.165) is 44.0 Å². The molecule has 0 spiro atoms. The maximum atomic E-state index is 12.7. The van der Waals surface area contributed by atoms with Gasteiger partial charge < -0.3 is 20.1 Å². The largest absolute Gasteiger partial charge is 0.502 e. The molecule has 1 fully saturated rings. The van der Waals surface area contributed by atoms with Crippen LogP contribution in [0.5, 0.6) is 5.75 Å². The second-order valence-corrected chi connectivity index (χ2v) is 8.72. The molecule has 1 aliphatic rings. The van der Waals surface area contributed by atoms with Crippen LogP contribution >= 0.6 is 0 Å². The van der Waals surface area contributed by atoms with E-state index in [2.05, 4.69) is 44.2 Å². The van der Waals surface area contributed by atoms with Gasteiger partial charge in [0.2, 0.25) is 11.7 Å². The summed E-state index contributed by atoms with van der Waals surface area (Å²) in [6, 6.07) is 15.3. The standard InChI is InChI=1S/C28H29FN4O4/c29-11-12-30-27(35)24(17-25-26(34)28(36)32-19-31-25)23-9-7-21(8-10-23)2-1-20-3-5-22(6-4-20)18-33-13-15-37-16-14-33/h3-10,19,24,34H,11-18H2,(H,30,35)(H,31,32,36)/t24-/m0/s1. The average Bonchev–Trinajstić information content (AvgIpc) is 2.93. The summed E-state index contributed by atoms with van der Waals surface area (Å²) in [5.41, 5.74) is 2.93. The highest BCUT2D eigenvalue weighted by atomic mass is 19.1. The van der Waals surface area contributed by atoms with E-state index in [1.165, 1.54) is 11.9 Å². The summed E-state index contributed by atoms with van der Waals surface area (Å²) in [4.78, 5) is 33.1. The molecular formula is C28H29FN4O4. The Morgan fingerprint density at radius 1 is 1.11 bits per heavy atom. The van der Waals surface area contributed by atoms with Crippen LogP contribution in [0.4, 0.5) is 4.39 Å². The number of ether oxygens (including phenoxy) is 1. The molecule has 192 valence electrons. The number of morpholine rings is 1. The van der Waals surface area contributed by atoms with E-state index in [9.17, 15) is 19.1 Å². The van der Waals surface area contributed by atoms with E-state index in [1.54, 1.807) is 24.3 Å². The molecule has 3 N–H and O–H groups in total. The third-order valence-corrected chi connectivity index (χ3v) is 6.14. The maximum Gasteiger partial charge on any atom is 0.293 e. The number of benzene rings is 2. The van der Waals surface area contributed by atoms with Crippen molar-refractivity contribution in [1.82, 2.24) is 20.2 Å². The van der Waals surface area contributed by atoms with Crippen molar-refractivity contribution in [2.45, 2.75) is 18.9 Å². The minimum Gasteiger partial charge on any atom is -0.502 e. The van der Waals surface area contributed by atoms with Crippen LogP contribution in [0.15, 0.2) is 59.7 Å². The molecule has 1 atom stereocenters. The summed E-state index contributed by atoms with van der Waals surface area (Å²) in [5.74, 6) is 4.56. The second-order valence-electron chi connectivity index (χ2n) is 8.72. The normalized spacial score (nSPS) is 14.4. The van der Waals surface area contributed by atoms with Gasteiger partial charge in [0.1, 0.15) is 6.67 Å².